The van der Waals surface area contributed by atoms with Gasteiger partial charge in [0, 0.05) is 7.05 Å². The topological polar surface area (TPSA) is 123 Å². The van der Waals surface area contributed by atoms with Crippen LogP contribution in [-0.4, -0.2) is 27.0 Å². The van der Waals surface area contributed by atoms with E-state index in [0.29, 0.717) is 17.2 Å². The first kappa shape index (κ1) is 10.8. The van der Waals surface area contributed by atoms with Crippen LogP contribution in [0.15, 0.2) is 18.3 Å². The molecular formula is C9H10N8. The first-order chi connectivity index (χ1) is 8.13. The molecule has 17 heavy (non-hydrogen) atoms. The molecule has 8 heteroatoms. The third-order valence-corrected chi connectivity index (χ3v) is 2.14. The normalized spacial score (nSPS) is 9.94. The lowest BCUT2D eigenvalue weighted by Gasteiger charge is -2.09. The fourth-order valence-electron chi connectivity index (χ4n) is 1.25. The fourth-order valence-corrected chi connectivity index (χ4v) is 1.25. The Morgan fingerprint density at radius 1 is 1.41 bits per heavy atom. The van der Waals surface area contributed by atoms with E-state index in [9.17, 15) is 0 Å². The molecule has 0 bridgehead atoms. The van der Waals surface area contributed by atoms with E-state index in [-0.39, 0.29) is 5.82 Å². The Balaban J connectivity index is 2.40. The van der Waals surface area contributed by atoms with E-state index >= 15 is 0 Å². The largest absolute Gasteiger partial charge is 0.382 e. The minimum Gasteiger partial charge on any atom is -0.382 e. The second kappa shape index (κ2) is 4.07. The van der Waals surface area contributed by atoms with E-state index in [1.807, 2.05) is 6.07 Å². The summed E-state index contributed by atoms with van der Waals surface area (Å²) in [5.41, 5.74) is 6.02. The summed E-state index contributed by atoms with van der Waals surface area (Å²) in [5.74, 6) is 6.67. The van der Waals surface area contributed by atoms with Crippen molar-refractivity contribution in [2.45, 2.75) is 0 Å². The van der Waals surface area contributed by atoms with Gasteiger partial charge in [-0.3, -0.25) is 5.01 Å². The fraction of sp³-hybridized carbons (Fsp3) is 0.111. The average Bonchev–Trinajstić information content (AvgIpc) is 2.70. The number of rotatable bonds is 2. The van der Waals surface area contributed by atoms with Crippen molar-refractivity contribution in [2.75, 3.05) is 17.8 Å². The zero-order chi connectivity index (χ0) is 12.4. The highest BCUT2D eigenvalue weighted by molar-refractivity contribution is 5.51. The van der Waals surface area contributed by atoms with Gasteiger partial charge in [0.25, 0.3) is 0 Å². The van der Waals surface area contributed by atoms with E-state index in [2.05, 4.69) is 15.3 Å². The SMILES string of the molecule is CN(N)c1ccc(-n2ncc(C#N)c2N)nn1. The highest BCUT2D eigenvalue weighted by Crippen LogP contribution is 2.14. The van der Waals surface area contributed by atoms with Crippen molar-refractivity contribution in [2.24, 2.45) is 5.84 Å². The van der Waals surface area contributed by atoms with Gasteiger partial charge in [-0.1, -0.05) is 0 Å². The molecule has 0 radical (unpaired) electrons. The highest BCUT2D eigenvalue weighted by atomic mass is 15.4. The maximum absolute atomic E-state index is 8.75. The minimum atomic E-state index is 0.232. The van der Waals surface area contributed by atoms with Crippen LogP contribution in [0, 0.1) is 11.3 Å². The van der Waals surface area contributed by atoms with Gasteiger partial charge in [0.05, 0.1) is 6.20 Å². The molecule has 0 fully saturated rings. The molecule has 86 valence electrons. The number of aromatic nitrogens is 4. The summed E-state index contributed by atoms with van der Waals surface area (Å²) in [6.45, 7) is 0. The molecule has 0 aliphatic carbocycles. The number of nitriles is 1. The predicted molar refractivity (Wildman–Crippen MR) is 60.9 cm³/mol. The molecule has 0 aliphatic rings. The van der Waals surface area contributed by atoms with E-state index in [1.165, 1.54) is 15.9 Å². The van der Waals surface area contributed by atoms with Crippen LogP contribution in [0.25, 0.3) is 5.82 Å². The molecule has 8 nitrogen and oxygen atoms in total. The van der Waals surface area contributed by atoms with Crippen LogP contribution in [0.4, 0.5) is 11.6 Å². The van der Waals surface area contributed by atoms with E-state index < -0.39 is 0 Å². The van der Waals surface area contributed by atoms with Gasteiger partial charge in [-0.15, -0.1) is 10.2 Å². The second-order valence-corrected chi connectivity index (χ2v) is 3.33. The molecule has 0 spiro atoms. The van der Waals surface area contributed by atoms with Gasteiger partial charge in [-0.2, -0.15) is 15.0 Å². The Morgan fingerprint density at radius 2 is 2.18 bits per heavy atom. The zero-order valence-electron chi connectivity index (χ0n) is 9.07. The number of nitrogens with zero attached hydrogens (tertiary/aromatic N) is 6. The number of hydrogen-bond donors (Lipinski definition) is 2. The van der Waals surface area contributed by atoms with Crippen molar-refractivity contribution in [3.8, 4) is 11.9 Å². The predicted octanol–water partition coefficient (Wildman–Crippen LogP) is -0.574. The summed E-state index contributed by atoms with van der Waals surface area (Å²) < 4.78 is 1.34. The number of hydrazine groups is 1. The smallest absolute Gasteiger partial charge is 0.178 e. The summed E-state index contributed by atoms with van der Waals surface area (Å²) in [5, 5.41) is 21.8. The number of hydrogen-bond acceptors (Lipinski definition) is 7. The number of anilines is 2. The van der Waals surface area contributed by atoms with Gasteiger partial charge in [0.1, 0.15) is 17.5 Å². The molecule has 0 unspecified atom stereocenters. The molecular weight excluding hydrogens is 220 g/mol. The molecule has 2 rings (SSSR count). The number of nitrogens with two attached hydrogens (primary N) is 2. The lowest BCUT2D eigenvalue weighted by atomic mass is 10.4. The van der Waals surface area contributed by atoms with Gasteiger partial charge in [-0.05, 0) is 12.1 Å². The molecule has 0 aromatic carbocycles. The monoisotopic (exact) mass is 230 g/mol. The van der Waals surface area contributed by atoms with Crippen LogP contribution in [0.2, 0.25) is 0 Å². The van der Waals surface area contributed by atoms with E-state index in [0.717, 1.165) is 0 Å². The molecule has 0 atom stereocenters. The Bertz CT molecular complexity index is 562. The summed E-state index contributed by atoms with van der Waals surface area (Å²) >= 11 is 0. The first-order valence-electron chi connectivity index (χ1n) is 4.69. The van der Waals surface area contributed by atoms with Crippen molar-refractivity contribution >= 4 is 11.6 Å². The molecule has 2 aromatic rings. The third-order valence-electron chi connectivity index (χ3n) is 2.14. The van der Waals surface area contributed by atoms with Crippen molar-refractivity contribution in [1.29, 1.82) is 5.26 Å². The van der Waals surface area contributed by atoms with Crippen LogP contribution < -0.4 is 16.6 Å². The third kappa shape index (κ3) is 1.86. The van der Waals surface area contributed by atoms with Gasteiger partial charge in [0.15, 0.2) is 11.6 Å². The quantitative estimate of drug-likeness (QED) is 0.522. The summed E-state index contributed by atoms with van der Waals surface area (Å²) in [6, 6.07) is 5.27. The Hall–Kier alpha value is -2.66. The molecule has 4 N–H and O–H groups in total. The molecule has 0 aliphatic heterocycles. The van der Waals surface area contributed by atoms with Gasteiger partial charge in [-0.25, -0.2) is 5.84 Å². The Labute approximate surface area is 97.0 Å². The molecule has 2 heterocycles. The highest BCUT2D eigenvalue weighted by Gasteiger charge is 2.10. The molecule has 0 saturated carbocycles. The summed E-state index contributed by atoms with van der Waals surface area (Å²) in [6.07, 6.45) is 1.37. The van der Waals surface area contributed by atoms with E-state index in [1.54, 1.807) is 19.2 Å². The van der Waals surface area contributed by atoms with Crippen LogP contribution in [-0.2, 0) is 0 Å². The molecule has 0 saturated heterocycles. The van der Waals surface area contributed by atoms with E-state index in [4.69, 9.17) is 16.8 Å². The Morgan fingerprint density at radius 3 is 2.65 bits per heavy atom. The molecule has 0 amide bonds. The maximum Gasteiger partial charge on any atom is 0.178 e. The lowest BCUT2D eigenvalue weighted by Crippen LogP contribution is -2.26. The lowest BCUT2D eigenvalue weighted by molar-refractivity contribution is 0.812. The number of nitrogen functional groups attached to an aromatic ring is 1. The van der Waals surface area contributed by atoms with Gasteiger partial charge in [0.2, 0.25) is 0 Å². The van der Waals surface area contributed by atoms with Gasteiger partial charge < -0.3 is 5.73 Å². The summed E-state index contributed by atoms with van der Waals surface area (Å²) in [7, 11) is 1.65. The summed E-state index contributed by atoms with van der Waals surface area (Å²) in [4.78, 5) is 0. The van der Waals surface area contributed by atoms with Crippen LogP contribution in [0.5, 0.6) is 0 Å². The van der Waals surface area contributed by atoms with Crippen LogP contribution in [0.3, 0.4) is 0 Å². The standard InChI is InChI=1S/C9H10N8/c1-16(12)7-2-3-8(15-14-7)17-9(11)6(4-10)5-13-17/h2-3,5H,11-12H2,1H3. The van der Waals surface area contributed by atoms with Crippen molar-refractivity contribution in [1.82, 2.24) is 20.0 Å². The van der Waals surface area contributed by atoms with Crippen LogP contribution >= 0.6 is 0 Å². The van der Waals surface area contributed by atoms with Crippen molar-refractivity contribution in [3.05, 3.63) is 23.9 Å². The maximum atomic E-state index is 8.75. The Kier molecular flexibility index (Phi) is 2.60. The second-order valence-electron chi connectivity index (χ2n) is 3.33. The molecule has 2 aromatic heterocycles. The first-order valence-corrected chi connectivity index (χ1v) is 4.69. The van der Waals surface area contributed by atoms with Gasteiger partial charge >= 0.3 is 0 Å². The van der Waals surface area contributed by atoms with Crippen molar-refractivity contribution in [3.63, 3.8) is 0 Å². The minimum absolute atomic E-state index is 0.232. The zero-order valence-corrected chi connectivity index (χ0v) is 9.07. The van der Waals surface area contributed by atoms with Crippen molar-refractivity contribution < 1.29 is 0 Å². The average molecular weight is 230 g/mol. The van der Waals surface area contributed by atoms with Crippen LogP contribution in [0.1, 0.15) is 5.56 Å².